The Hall–Kier alpha value is -6.01. The van der Waals surface area contributed by atoms with Crippen LogP contribution in [0.4, 0.5) is 42.2 Å². The Bertz CT molecular complexity index is 2630. The maximum atomic E-state index is 15.7. The van der Waals surface area contributed by atoms with E-state index in [1.165, 1.54) is 36.1 Å². The average molecular weight is 803 g/mol. The number of allylic oxidation sites excluding steroid dienone is 1. The predicted octanol–water partition coefficient (Wildman–Crippen LogP) is 5.65. The minimum absolute atomic E-state index is 0.000858. The van der Waals surface area contributed by atoms with E-state index < -0.39 is 86.9 Å². The number of aromatic nitrogens is 5. The van der Waals surface area contributed by atoms with E-state index in [2.05, 4.69) is 26.2 Å². The third-order valence-electron chi connectivity index (χ3n) is 9.47. The summed E-state index contributed by atoms with van der Waals surface area (Å²) >= 11 is 0. The number of para-hydroxylation sites is 1. The van der Waals surface area contributed by atoms with Gasteiger partial charge in [0.05, 0.1) is 41.3 Å². The number of halogens is 7. The first-order chi connectivity index (χ1) is 26.2. The number of nitrogen functional groups attached to an aromatic ring is 1. The van der Waals surface area contributed by atoms with Crippen molar-refractivity contribution in [2.24, 2.45) is 13.0 Å². The molecule has 2 amide bonds. The number of carbonyl (C=O) groups is 2. The molecular formula is C36H29F7N8O4S. The molecular weight excluding hydrogens is 774 g/mol. The zero-order valence-electron chi connectivity index (χ0n) is 29.4. The summed E-state index contributed by atoms with van der Waals surface area (Å²) in [4.78, 5) is 30.8. The minimum atomic E-state index is -5.14. The van der Waals surface area contributed by atoms with Crippen LogP contribution in [0.25, 0.3) is 22.0 Å². The molecule has 7 rings (SSSR count). The molecule has 3 heterocycles. The Kier molecular flexibility index (Phi) is 9.11. The summed E-state index contributed by atoms with van der Waals surface area (Å²) in [6.45, 7) is -0.0809. The number of sulfonamides is 1. The van der Waals surface area contributed by atoms with Gasteiger partial charge in [0, 0.05) is 48.0 Å². The van der Waals surface area contributed by atoms with Crippen LogP contribution in [0.15, 0.2) is 66.5 Å². The number of benzene rings is 2. The van der Waals surface area contributed by atoms with E-state index in [4.69, 9.17) is 5.73 Å². The molecule has 0 spiro atoms. The van der Waals surface area contributed by atoms with E-state index in [1.807, 2.05) is 0 Å². The molecule has 0 radical (unpaired) electrons. The molecule has 0 fully saturated rings. The standard InChI is InChI=1S/C36H29F7N8O4S/c1-17(52)51(56(3,54)55)34-24-8-4-6-22(31(24)49(2)48-34)25-14-21(44)15-45-30(25)27(12-18-10-19(37)13-20(38)11-18)46-28(53)16-50-33-29(32(47-50)36(41,42)43)23-7-5-9-26(23)35(33,39)40/h4,6-11,13-15,23,26-27H,12,16,44H2,1-3H3,(H,46,53)/t23-,26+,27-/m0/s1. The van der Waals surface area contributed by atoms with Gasteiger partial charge in [-0.05, 0) is 48.4 Å². The lowest BCUT2D eigenvalue weighted by Gasteiger charge is -2.23. The number of carbonyl (C=O) groups excluding carboxylic acids is 2. The summed E-state index contributed by atoms with van der Waals surface area (Å²) < 4.78 is 130. The van der Waals surface area contributed by atoms with Crippen LogP contribution in [0.1, 0.15) is 47.1 Å². The predicted molar refractivity (Wildman–Crippen MR) is 187 cm³/mol. The molecule has 3 atom stereocenters. The highest BCUT2D eigenvalue weighted by Crippen LogP contribution is 2.58. The summed E-state index contributed by atoms with van der Waals surface area (Å²) in [5.41, 5.74) is 6.00. The Morgan fingerprint density at radius 2 is 1.77 bits per heavy atom. The van der Waals surface area contributed by atoms with Crippen LogP contribution in [-0.4, -0.2) is 51.0 Å². The molecule has 0 unspecified atom stereocenters. The number of anilines is 2. The Morgan fingerprint density at radius 1 is 1.07 bits per heavy atom. The lowest BCUT2D eigenvalue weighted by molar-refractivity contribution is -0.142. The van der Waals surface area contributed by atoms with Crippen molar-refractivity contribution in [3.05, 3.63) is 106 Å². The molecule has 292 valence electrons. The smallest absolute Gasteiger partial charge is 0.397 e. The second-order valence-electron chi connectivity index (χ2n) is 13.4. The molecule has 3 aromatic heterocycles. The van der Waals surface area contributed by atoms with Crippen molar-refractivity contribution in [2.45, 2.75) is 43.9 Å². The third-order valence-corrected chi connectivity index (χ3v) is 10.6. The number of rotatable bonds is 9. The lowest BCUT2D eigenvalue weighted by Crippen LogP contribution is -2.35. The van der Waals surface area contributed by atoms with Crippen LogP contribution < -0.4 is 15.4 Å². The Balaban J connectivity index is 1.35. The first-order valence-electron chi connectivity index (χ1n) is 16.6. The van der Waals surface area contributed by atoms with E-state index in [9.17, 15) is 40.0 Å². The van der Waals surface area contributed by atoms with Gasteiger partial charge in [-0.25, -0.2) is 17.2 Å². The summed E-state index contributed by atoms with van der Waals surface area (Å²) in [5, 5.41) is 10.5. The molecule has 20 heteroatoms. The number of hydrogen-bond donors (Lipinski definition) is 2. The number of hydrogen-bond acceptors (Lipinski definition) is 8. The number of alkyl halides is 5. The van der Waals surface area contributed by atoms with Gasteiger partial charge in [-0.3, -0.25) is 23.9 Å². The van der Waals surface area contributed by atoms with Crippen molar-refractivity contribution >= 4 is 44.2 Å². The first kappa shape index (κ1) is 38.3. The third kappa shape index (κ3) is 6.57. The van der Waals surface area contributed by atoms with Gasteiger partial charge in [-0.1, -0.05) is 12.1 Å². The van der Waals surface area contributed by atoms with Crippen molar-refractivity contribution in [3.63, 3.8) is 0 Å². The first-order valence-corrected chi connectivity index (χ1v) is 18.5. The summed E-state index contributed by atoms with van der Waals surface area (Å²) in [6.07, 6.45) is -1.43. The van der Waals surface area contributed by atoms with Gasteiger partial charge in [-0.2, -0.15) is 36.5 Å². The number of nitrogens with one attached hydrogen (secondary N) is 1. The van der Waals surface area contributed by atoms with E-state index in [-0.39, 0.29) is 51.2 Å². The van der Waals surface area contributed by atoms with Crippen LogP contribution in [-0.2, 0) is 51.7 Å². The quantitative estimate of drug-likeness (QED) is 0.143. The monoisotopic (exact) mass is 802 g/mol. The fraction of sp³-hybridized carbons (Fsp3) is 0.278. The van der Waals surface area contributed by atoms with Gasteiger partial charge < -0.3 is 11.1 Å². The molecule has 0 saturated carbocycles. The van der Waals surface area contributed by atoms with Gasteiger partial charge in [0.2, 0.25) is 21.8 Å². The average Bonchev–Trinajstić information content (AvgIpc) is 3.83. The molecule has 0 saturated heterocycles. The number of pyridine rings is 1. The normalized spacial score (nSPS) is 17.6. The number of amides is 2. The van der Waals surface area contributed by atoms with Crippen LogP contribution in [0.2, 0.25) is 0 Å². The zero-order valence-corrected chi connectivity index (χ0v) is 30.2. The summed E-state index contributed by atoms with van der Waals surface area (Å²) in [5.74, 6) is -11.0. The lowest BCUT2D eigenvalue weighted by atomic mass is 9.94. The van der Waals surface area contributed by atoms with E-state index >= 15 is 8.78 Å². The fourth-order valence-corrected chi connectivity index (χ4v) is 8.37. The van der Waals surface area contributed by atoms with Crippen molar-refractivity contribution in [3.8, 4) is 11.1 Å². The molecule has 0 bridgehead atoms. The second-order valence-corrected chi connectivity index (χ2v) is 15.3. The summed E-state index contributed by atoms with van der Waals surface area (Å²) in [7, 11) is -2.69. The van der Waals surface area contributed by atoms with Crippen molar-refractivity contribution in [1.29, 1.82) is 0 Å². The summed E-state index contributed by atoms with van der Waals surface area (Å²) in [6, 6.07) is 7.24. The molecule has 2 aromatic carbocycles. The fourth-order valence-electron chi connectivity index (χ4n) is 7.46. The van der Waals surface area contributed by atoms with Crippen molar-refractivity contribution in [2.75, 3.05) is 16.3 Å². The SMILES string of the molecule is CC(=O)N(c1nn(C)c2c(-c3cc(N)cnc3[C@H](Cc3cc(F)cc(F)c3)NC(=O)Cn3nc(C(F)(F)F)c4c3C(F)(F)[C@@H]3C=C=C[C@H]43)cccc12)S(C)(=O)=O. The molecule has 5 aromatic rings. The van der Waals surface area contributed by atoms with Crippen LogP contribution in [0.3, 0.4) is 0 Å². The highest BCUT2D eigenvalue weighted by atomic mass is 32.2. The largest absolute Gasteiger partial charge is 0.435 e. The van der Waals surface area contributed by atoms with Crippen LogP contribution in [0.5, 0.6) is 0 Å². The molecule has 2 aliphatic carbocycles. The topological polar surface area (TPSA) is 158 Å². The van der Waals surface area contributed by atoms with E-state index in [1.54, 1.807) is 6.07 Å². The molecule has 56 heavy (non-hydrogen) atoms. The van der Waals surface area contributed by atoms with Gasteiger partial charge in [0.15, 0.2) is 11.5 Å². The zero-order chi connectivity index (χ0) is 40.6. The molecule has 12 nitrogen and oxygen atoms in total. The van der Waals surface area contributed by atoms with Crippen LogP contribution >= 0.6 is 0 Å². The Labute approximate surface area is 313 Å². The van der Waals surface area contributed by atoms with Gasteiger partial charge in [0.25, 0.3) is 5.92 Å². The molecule has 0 aliphatic heterocycles. The van der Waals surface area contributed by atoms with Crippen LogP contribution in [0, 0.1) is 17.6 Å². The van der Waals surface area contributed by atoms with Gasteiger partial charge >= 0.3 is 6.18 Å². The highest BCUT2D eigenvalue weighted by Gasteiger charge is 2.60. The number of nitrogens with two attached hydrogens (primary N) is 1. The second kappa shape index (κ2) is 13.3. The van der Waals surface area contributed by atoms with Crippen molar-refractivity contribution in [1.82, 2.24) is 29.9 Å². The minimum Gasteiger partial charge on any atom is -0.397 e. The molecule has 3 N–H and O–H groups in total. The number of nitrogens with zero attached hydrogens (tertiary/aromatic N) is 6. The Morgan fingerprint density at radius 3 is 2.41 bits per heavy atom. The highest BCUT2D eigenvalue weighted by molar-refractivity contribution is 7.92. The molecule has 2 aliphatic rings. The maximum Gasteiger partial charge on any atom is 0.435 e. The van der Waals surface area contributed by atoms with E-state index in [0.29, 0.717) is 15.1 Å². The maximum absolute atomic E-state index is 15.7. The van der Waals surface area contributed by atoms with Gasteiger partial charge in [0.1, 0.15) is 23.9 Å². The number of aryl methyl sites for hydroxylation is 1. The van der Waals surface area contributed by atoms with E-state index in [0.717, 1.165) is 37.5 Å². The van der Waals surface area contributed by atoms with Gasteiger partial charge in [-0.15, -0.1) is 5.73 Å². The number of fused-ring (bicyclic) bond motifs is 4. The van der Waals surface area contributed by atoms with Crippen molar-refractivity contribution < 1.29 is 48.7 Å².